The molecular weight excluding hydrogens is 328 g/mol. The Hall–Kier alpha value is -2.90. The van der Waals surface area contributed by atoms with Crippen molar-refractivity contribution in [1.82, 2.24) is 0 Å². The Kier molecular flexibility index (Phi) is 3.21. The Morgan fingerprint density at radius 3 is 1.65 bits per heavy atom. The van der Waals surface area contributed by atoms with Gasteiger partial charge in [0.15, 0.2) is 8.07 Å². The first-order valence-corrected chi connectivity index (χ1v) is 10.6. The molecule has 0 saturated heterocycles. The Morgan fingerprint density at radius 2 is 1.12 bits per heavy atom. The van der Waals surface area contributed by atoms with Gasteiger partial charge < -0.3 is 0 Å². The molecule has 0 spiro atoms. The smallest absolute Gasteiger partial charge is 0.0623 e. The third-order valence-corrected chi connectivity index (χ3v) is 9.32. The molecule has 1 heteroatoms. The van der Waals surface area contributed by atoms with E-state index >= 15 is 0 Å². The van der Waals surface area contributed by atoms with Crippen LogP contribution in [0.25, 0.3) is 0 Å². The highest BCUT2D eigenvalue weighted by Crippen LogP contribution is 2.10. The molecule has 26 heavy (non-hydrogen) atoms. The lowest BCUT2D eigenvalue weighted by Gasteiger charge is -2.34. The van der Waals surface area contributed by atoms with Gasteiger partial charge in [-0.1, -0.05) is 121 Å². The first-order valence-electron chi connectivity index (χ1n) is 11.1. The largest absolute Gasteiger partial charge is 0.179 e. The molecule has 0 radical (unpaired) electrons. The number of hydrogen-bond acceptors (Lipinski definition) is 0. The summed E-state index contributed by atoms with van der Waals surface area (Å²) in [6.45, 7) is 2.01. The summed E-state index contributed by atoms with van der Waals surface area (Å²) in [5.74, 6) is 0. The van der Waals surface area contributed by atoms with Crippen LogP contribution in [-0.4, -0.2) is 8.07 Å². The van der Waals surface area contributed by atoms with Gasteiger partial charge in [0.25, 0.3) is 0 Å². The molecule has 0 aliphatic rings. The van der Waals surface area contributed by atoms with Gasteiger partial charge in [-0.25, -0.2) is 0 Å². The summed E-state index contributed by atoms with van der Waals surface area (Å²) in [5.41, 5.74) is 1.06. The molecule has 126 valence electrons. The zero-order valence-electron chi connectivity index (χ0n) is 19.6. The second-order valence-electron chi connectivity index (χ2n) is 6.35. The van der Waals surface area contributed by atoms with Crippen LogP contribution < -0.4 is 20.7 Å². The SMILES string of the molecule is [2H]c1c([2H])c([2H])c([Si](c2ccccc2)(c2ccccc2)c2cccc(C)c2)c([2H])c1[2H]. The number of benzene rings is 4. The van der Waals surface area contributed by atoms with Gasteiger partial charge in [0.05, 0.1) is 6.85 Å². The fourth-order valence-electron chi connectivity index (χ4n) is 3.63. The molecule has 0 amide bonds. The normalized spacial score (nSPS) is 14.0. The summed E-state index contributed by atoms with van der Waals surface area (Å²) >= 11 is 0. The molecule has 0 bridgehead atoms. The van der Waals surface area contributed by atoms with Crippen LogP contribution in [-0.2, 0) is 0 Å². The second kappa shape index (κ2) is 7.15. The summed E-state index contributed by atoms with van der Waals surface area (Å²) in [7, 11) is -3.20. The third-order valence-electron chi connectivity index (χ3n) is 4.74. The molecule has 0 aromatic heterocycles. The molecule has 4 aromatic carbocycles. The molecule has 0 nitrogen and oxygen atoms in total. The van der Waals surface area contributed by atoms with E-state index in [9.17, 15) is 0 Å². The van der Waals surface area contributed by atoms with E-state index in [-0.39, 0.29) is 30.2 Å². The van der Waals surface area contributed by atoms with Crippen LogP contribution in [0.5, 0.6) is 0 Å². The fourth-order valence-corrected chi connectivity index (χ4v) is 8.17. The highest BCUT2D eigenvalue weighted by molar-refractivity contribution is 7.19. The molecule has 0 atom stereocenters. The van der Waals surface area contributed by atoms with E-state index in [1.54, 1.807) is 0 Å². The predicted molar refractivity (Wildman–Crippen MR) is 115 cm³/mol. The summed E-state index contributed by atoms with van der Waals surface area (Å²) in [5, 5.41) is 3.33. The Morgan fingerprint density at radius 1 is 0.577 bits per heavy atom. The van der Waals surface area contributed by atoms with Gasteiger partial charge in [-0.3, -0.25) is 0 Å². The Balaban J connectivity index is 2.28. The molecular formula is C25H22Si. The van der Waals surface area contributed by atoms with E-state index in [1.807, 2.05) is 85.8 Å². The predicted octanol–water partition coefficient (Wildman–Crippen LogP) is 3.37. The lowest BCUT2D eigenvalue weighted by atomic mass is 10.2. The monoisotopic (exact) mass is 355 g/mol. The molecule has 0 saturated carbocycles. The van der Waals surface area contributed by atoms with Crippen molar-refractivity contribution in [2.45, 2.75) is 6.92 Å². The highest BCUT2D eigenvalue weighted by atomic mass is 28.3. The number of aryl methyl sites for hydroxylation is 1. The first kappa shape index (κ1) is 11.7. The minimum atomic E-state index is -3.20. The van der Waals surface area contributed by atoms with Crippen molar-refractivity contribution in [1.29, 1.82) is 0 Å². The van der Waals surface area contributed by atoms with Gasteiger partial charge in [-0.05, 0) is 27.7 Å². The van der Waals surface area contributed by atoms with E-state index in [0.717, 1.165) is 21.1 Å². The van der Waals surface area contributed by atoms with Crippen LogP contribution in [0.1, 0.15) is 12.4 Å². The topological polar surface area (TPSA) is 0 Å². The molecule has 0 unspecified atom stereocenters. The maximum absolute atomic E-state index is 8.85. The lowest BCUT2D eigenvalue weighted by molar-refractivity contribution is 1.49. The van der Waals surface area contributed by atoms with E-state index in [1.165, 1.54) is 0 Å². The van der Waals surface area contributed by atoms with Gasteiger partial charge in [0, 0.05) is 0 Å². The van der Waals surface area contributed by atoms with Gasteiger partial charge >= 0.3 is 0 Å². The fraction of sp³-hybridized carbons (Fsp3) is 0.0400. The quantitative estimate of drug-likeness (QED) is 0.389. The summed E-state index contributed by atoms with van der Waals surface area (Å²) < 4.78 is 42.5. The van der Waals surface area contributed by atoms with Crippen LogP contribution in [0.4, 0.5) is 0 Å². The van der Waals surface area contributed by atoms with E-state index < -0.39 is 8.07 Å². The van der Waals surface area contributed by atoms with Gasteiger partial charge in [0.1, 0.15) is 0 Å². The van der Waals surface area contributed by atoms with Crippen LogP contribution >= 0.6 is 0 Å². The van der Waals surface area contributed by atoms with Crippen LogP contribution in [0.15, 0.2) is 115 Å². The third kappa shape index (κ3) is 2.81. The first-order chi connectivity index (χ1) is 14.9. The van der Waals surface area contributed by atoms with Gasteiger partial charge in [-0.2, -0.15) is 0 Å². The van der Waals surface area contributed by atoms with E-state index in [2.05, 4.69) is 6.07 Å². The Labute approximate surface area is 163 Å². The van der Waals surface area contributed by atoms with Crippen molar-refractivity contribution in [3.05, 3.63) is 121 Å². The Bertz CT molecular complexity index is 1170. The maximum Gasteiger partial charge on any atom is 0.179 e. The van der Waals surface area contributed by atoms with Gasteiger partial charge in [-0.15, -0.1) is 0 Å². The van der Waals surface area contributed by atoms with Crippen LogP contribution in [0.2, 0.25) is 0 Å². The second-order valence-corrected chi connectivity index (χ2v) is 10.1. The van der Waals surface area contributed by atoms with Crippen LogP contribution in [0, 0.1) is 6.92 Å². The van der Waals surface area contributed by atoms with Crippen molar-refractivity contribution >= 4 is 28.8 Å². The standard InChI is InChI=1S/C25H22Si/c1-21-12-11-19-25(20-21)26(22-13-5-2-6-14-22,23-15-7-3-8-16-23)24-17-9-4-10-18-24/h2-20H,1H3/i2D,5D,6D,13D,14D. The van der Waals surface area contributed by atoms with Crippen molar-refractivity contribution in [2.24, 2.45) is 0 Å². The van der Waals surface area contributed by atoms with Crippen molar-refractivity contribution in [2.75, 3.05) is 0 Å². The summed E-state index contributed by atoms with van der Waals surface area (Å²) in [6.07, 6.45) is 0. The molecule has 0 aliphatic heterocycles. The average molecular weight is 356 g/mol. The molecule has 0 N–H and O–H groups in total. The molecule has 4 aromatic rings. The molecule has 4 rings (SSSR count). The molecule has 0 heterocycles. The van der Waals surface area contributed by atoms with Crippen molar-refractivity contribution < 1.29 is 6.85 Å². The summed E-state index contributed by atoms with van der Waals surface area (Å²) in [6, 6.07) is 26.6. The number of hydrogen-bond donors (Lipinski definition) is 0. The molecule has 0 fully saturated rings. The minimum Gasteiger partial charge on any atom is -0.0623 e. The van der Waals surface area contributed by atoms with Crippen molar-refractivity contribution in [3.63, 3.8) is 0 Å². The average Bonchev–Trinajstić information content (AvgIpc) is 2.80. The zero-order chi connectivity index (χ0) is 22.2. The maximum atomic E-state index is 8.85. The van der Waals surface area contributed by atoms with Crippen LogP contribution in [0.3, 0.4) is 0 Å². The zero-order valence-corrected chi connectivity index (χ0v) is 15.6. The summed E-state index contributed by atoms with van der Waals surface area (Å²) in [4.78, 5) is 0. The molecule has 0 aliphatic carbocycles. The number of rotatable bonds is 4. The van der Waals surface area contributed by atoms with Gasteiger partial charge in [0.2, 0.25) is 0 Å². The van der Waals surface area contributed by atoms with E-state index in [4.69, 9.17) is 6.85 Å². The van der Waals surface area contributed by atoms with E-state index in [0.29, 0.717) is 5.19 Å². The minimum absolute atomic E-state index is 0.133. The highest BCUT2D eigenvalue weighted by Gasteiger charge is 2.41. The van der Waals surface area contributed by atoms with Crippen molar-refractivity contribution in [3.8, 4) is 0 Å². The lowest BCUT2D eigenvalue weighted by Crippen LogP contribution is -2.74.